The number of rotatable bonds is 4. The summed E-state index contributed by atoms with van der Waals surface area (Å²) in [6, 6.07) is 0. The van der Waals surface area contributed by atoms with Gasteiger partial charge in [-0.15, -0.1) is 12.4 Å². The van der Waals surface area contributed by atoms with Crippen LogP contribution in [0, 0.1) is 11.8 Å². The number of amides is 1. The Morgan fingerprint density at radius 2 is 2.06 bits per heavy atom. The molecule has 106 valence electrons. The second-order valence-corrected chi connectivity index (χ2v) is 5.18. The smallest absolute Gasteiger partial charge is 0.224 e. The SMILES string of the molecule is Cl.O=C(NCCC1CCOCC1)[C@@H]1CCCNC1. The zero-order valence-corrected chi connectivity index (χ0v) is 11.8. The van der Waals surface area contributed by atoms with Crippen molar-refractivity contribution in [3.05, 3.63) is 0 Å². The fraction of sp³-hybridized carbons (Fsp3) is 0.923. The molecule has 2 heterocycles. The highest BCUT2D eigenvalue weighted by Crippen LogP contribution is 2.17. The predicted molar refractivity (Wildman–Crippen MR) is 74.0 cm³/mol. The summed E-state index contributed by atoms with van der Waals surface area (Å²) in [5, 5.41) is 6.36. The van der Waals surface area contributed by atoms with Crippen LogP contribution in [0.2, 0.25) is 0 Å². The largest absolute Gasteiger partial charge is 0.381 e. The maximum atomic E-state index is 11.9. The summed E-state index contributed by atoms with van der Waals surface area (Å²) < 4.78 is 5.33. The average Bonchev–Trinajstić information content (AvgIpc) is 2.41. The summed E-state index contributed by atoms with van der Waals surface area (Å²) in [4.78, 5) is 11.9. The van der Waals surface area contributed by atoms with E-state index in [0.717, 1.165) is 70.9 Å². The molecular weight excluding hydrogens is 252 g/mol. The molecule has 18 heavy (non-hydrogen) atoms. The third-order valence-corrected chi connectivity index (χ3v) is 3.86. The van der Waals surface area contributed by atoms with Gasteiger partial charge in [-0.2, -0.15) is 0 Å². The Bertz CT molecular complexity index is 239. The first-order valence-electron chi connectivity index (χ1n) is 6.92. The van der Waals surface area contributed by atoms with Crippen molar-refractivity contribution in [1.82, 2.24) is 10.6 Å². The van der Waals surface area contributed by atoms with Gasteiger partial charge in [0.1, 0.15) is 0 Å². The van der Waals surface area contributed by atoms with Gasteiger partial charge in [0.25, 0.3) is 0 Å². The molecule has 0 aliphatic carbocycles. The average molecular weight is 277 g/mol. The van der Waals surface area contributed by atoms with E-state index in [9.17, 15) is 4.79 Å². The van der Waals surface area contributed by atoms with Gasteiger partial charge in [0, 0.05) is 26.3 Å². The maximum absolute atomic E-state index is 11.9. The Kier molecular flexibility index (Phi) is 7.63. The highest BCUT2D eigenvalue weighted by atomic mass is 35.5. The van der Waals surface area contributed by atoms with Crippen molar-refractivity contribution in [3.8, 4) is 0 Å². The number of piperidine rings is 1. The van der Waals surface area contributed by atoms with Crippen LogP contribution in [0.1, 0.15) is 32.1 Å². The van der Waals surface area contributed by atoms with E-state index in [1.165, 1.54) is 0 Å². The molecule has 1 amide bonds. The van der Waals surface area contributed by atoms with Gasteiger partial charge in [-0.1, -0.05) is 0 Å². The highest BCUT2D eigenvalue weighted by molar-refractivity contribution is 5.85. The number of hydrogen-bond acceptors (Lipinski definition) is 3. The lowest BCUT2D eigenvalue weighted by Gasteiger charge is -2.24. The lowest BCUT2D eigenvalue weighted by atomic mass is 9.96. The van der Waals surface area contributed by atoms with Crippen molar-refractivity contribution in [2.75, 3.05) is 32.8 Å². The van der Waals surface area contributed by atoms with Crippen LogP contribution in [0.25, 0.3) is 0 Å². The van der Waals surface area contributed by atoms with E-state index in [1.807, 2.05) is 0 Å². The predicted octanol–water partition coefficient (Wildman–Crippen LogP) is 1.34. The van der Waals surface area contributed by atoms with Gasteiger partial charge >= 0.3 is 0 Å². The van der Waals surface area contributed by atoms with Crippen molar-refractivity contribution in [1.29, 1.82) is 0 Å². The van der Waals surface area contributed by atoms with E-state index in [4.69, 9.17) is 4.74 Å². The normalized spacial score (nSPS) is 25.2. The lowest BCUT2D eigenvalue weighted by molar-refractivity contribution is -0.125. The number of halogens is 1. The molecule has 0 radical (unpaired) electrons. The van der Waals surface area contributed by atoms with Crippen molar-refractivity contribution in [2.24, 2.45) is 11.8 Å². The first-order valence-corrected chi connectivity index (χ1v) is 6.92. The molecule has 2 saturated heterocycles. The quantitative estimate of drug-likeness (QED) is 0.815. The Balaban J connectivity index is 0.00000162. The van der Waals surface area contributed by atoms with Gasteiger partial charge in [0.15, 0.2) is 0 Å². The van der Waals surface area contributed by atoms with Crippen LogP contribution in [-0.4, -0.2) is 38.8 Å². The summed E-state index contributed by atoms with van der Waals surface area (Å²) in [5.74, 6) is 1.18. The van der Waals surface area contributed by atoms with Crippen molar-refractivity contribution in [3.63, 3.8) is 0 Å². The second-order valence-electron chi connectivity index (χ2n) is 5.18. The number of ether oxygens (including phenoxy) is 1. The molecule has 0 bridgehead atoms. The van der Waals surface area contributed by atoms with Gasteiger partial charge in [0.05, 0.1) is 5.92 Å². The number of hydrogen-bond donors (Lipinski definition) is 2. The van der Waals surface area contributed by atoms with Gasteiger partial charge in [0.2, 0.25) is 5.91 Å². The molecule has 2 aliphatic heterocycles. The number of nitrogens with one attached hydrogen (secondary N) is 2. The number of carbonyl (C=O) groups is 1. The molecule has 2 aliphatic rings. The van der Waals surface area contributed by atoms with Gasteiger partial charge in [-0.25, -0.2) is 0 Å². The fourth-order valence-electron chi connectivity index (χ4n) is 2.65. The Morgan fingerprint density at radius 1 is 1.28 bits per heavy atom. The van der Waals surface area contributed by atoms with Gasteiger partial charge < -0.3 is 15.4 Å². The summed E-state index contributed by atoms with van der Waals surface area (Å²) in [6.45, 7) is 4.53. The molecule has 0 aromatic heterocycles. The molecule has 0 aromatic carbocycles. The lowest BCUT2D eigenvalue weighted by Crippen LogP contribution is -2.41. The molecule has 2 N–H and O–H groups in total. The third-order valence-electron chi connectivity index (χ3n) is 3.86. The van der Waals surface area contributed by atoms with Crippen LogP contribution < -0.4 is 10.6 Å². The van der Waals surface area contributed by atoms with Crippen molar-refractivity contribution < 1.29 is 9.53 Å². The molecule has 1 atom stereocenters. The van der Waals surface area contributed by atoms with Crippen LogP contribution in [0.4, 0.5) is 0 Å². The first kappa shape index (κ1) is 15.7. The molecule has 4 nitrogen and oxygen atoms in total. The van der Waals surface area contributed by atoms with Crippen LogP contribution in [0.15, 0.2) is 0 Å². The Labute approximate surface area is 116 Å². The van der Waals surface area contributed by atoms with E-state index >= 15 is 0 Å². The fourth-order valence-corrected chi connectivity index (χ4v) is 2.65. The standard InChI is InChI=1S/C13H24N2O2.ClH/c16-13(12-2-1-6-14-10-12)15-7-3-11-4-8-17-9-5-11;/h11-12,14H,1-10H2,(H,15,16);1H/t12-;/m1./s1. The van der Waals surface area contributed by atoms with E-state index in [1.54, 1.807) is 0 Å². The zero-order chi connectivity index (χ0) is 11.9. The zero-order valence-electron chi connectivity index (χ0n) is 11.0. The minimum absolute atomic E-state index is 0. The molecular formula is C13H25ClN2O2. The monoisotopic (exact) mass is 276 g/mol. The number of carbonyl (C=O) groups excluding carboxylic acids is 1. The molecule has 0 unspecified atom stereocenters. The van der Waals surface area contributed by atoms with Crippen LogP contribution in [0.5, 0.6) is 0 Å². The molecule has 2 rings (SSSR count). The molecule has 5 heteroatoms. The van der Waals surface area contributed by atoms with Gasteiger partial charge in [-0.3, -0.25) is 4.79 Å². The Hall–Kier alpha value is -0.320. The van der Waals surface area contributed by atoms with Crippen molar-refractivity contribution >= 4 is 18.3 Å². The summed E-state index contributed by atoms with van der Waals surface area (Å²) in [6.07, 6.45) is 5.57. The van der Waals surface area contributed by atoms with Crippen LogP contribution in [0.3, 0.4) is 0 Å². The van der Waals surface area contributed by atoms with Crippen molar-refractivity contribution in [2.45, 2.75) is 32.1 Å². The first-order chi connectivity index (χ1) is 8.36. The third kappa shape index (κ3) is 5.12. The minimum Gasteiger partial charge on any atom is -0.381 e. The summed E-state index contributed by atoms with van der Waals surface area (Å²) >= 11 is 0. The van der Waals surface area contributed by atoms with E-state index in [0.29, 0.717) is 0 Å². The van der Waals surface area contributed by atoms with Gasteiger partial charge in [-0.05, 0) is 44.6 Å². The van der Waals surface area contributed by atoms with E-state index in [2.05, 4.69) is 10.6 Å². The highest BCUT2D eigenvalue weighted by Gasteiger charge is 2.21. The topological polar surface area (TPSA) is 50.4 Å². The molecule has 0 spiro atoms. The second kappa shape index (κ2) is 8.73. The summed E-state index contributed by atoms with van der Waals surface area (Å²) in [7, 11) is 0. The molecule has 0 aromatic rings. The van der Waals surface area contributed by atoms with Crippen LogP contribution in [-0.2, 0) is 9.53 Å². The summed E-state index contributed by atoms with van der Waals surface area (Å²) in [5.41, 5.74) is 0. The van der Waals surface area contributed by atoms with Crippen LogP contribution >= 0.6 is 12.4 Å². The maximum Gasteiger partial charge on any atom is 0.224 e. The molecule has 0 saturated carbocycles. The Morgan fingerprint density at radius 3 is 2.72 bits per heavy atom. The van der Waals surface area contributed by atoms with E-state index in [-0.39, 0.29) is 24.2 Å². The molecule has 2 fully saturated rings. The van der Waals surface area contributed by atoms with E-state index < -0.39 is 0 Å². The minimum atomic E-state index is 0.